The van der Waals surface area contributed by atoms with E-state index in [1.54, 1.807) is 7.11 Å². The van der Waals surface area contributed by atoms with Gasteiger partial charge >= 0.3 is 0 Å². The van der Waals surface area contributed by atoms with Crippen LogP contribution in [0.15, 0.2) is 12.7 Å². The zero-order valence-corrected chi connectivity index (χ0v) is 13.0. The average molecular weight is 304 g/mol. The van der Waals surface area contributed by atoms with E-state index in [1.165, 1.54) is 0 Å². The maximum atomic E-state index is 5.58. The number of ether oxygens (including phenoxy) is 6. The van der Waals surface area contributed by atoms with E-state index < -0.39 is 0 Å². The van der Waals surface area contributed by atoms with Crippen LogP contribution in [0.4, 0.5) is 0 Å². The quantitative estimate of drug-likeness (QED) is 0.186. The first-order valence-electron chi connectivity index (χ1n) is 7.43. The summed E-state index contributed by atoms with van der Waals surface area (Å²) in [6.07, 6.45) is 3.74. The summed E-state index contributed by atoms with van der Waals surface area (Å²) in [4.78, 5) is 0. The Hall–Kier alpha value is -0.500. The summed E-state index contributed by atoms with van der Waals surface area (Å²) in [6, 6.07) is 0. The van der Waals surface area contributed by atoms with Gasteiger partial charge in [0.25, 0.3) is 0 Å². The van der Waals surface area contributed by atoms with E-state index in [-0.39, 0.29) is 19.0 Å². The van der Waals surface area contributed by atoms with E-state index in [9.17, 15) is 0 Å². The Labute approximate surface area is 127 Å². The lowest BCUT2D eigenvalue weighted by molar-refractivity contribution is -0.121. The molecule has 1 heterocycles. The van der Waals surface area contributed by atoms with Crippen molar-refractivity contribution in [3.05, 3.63) is 12.7 Å². The second kappa shape index (κ2) is 13.2. The van der Waals surface area contributed by atoms with Gasteiger partial charge in [-0.1, -0.05) is 6.08 Å². The summed E-state index contributed by atoms with van der Waals surface area (Å²) in [5.74, 6) is 0. The Morgan fingerprint density at radius 2 is 1.95 bits per heavy atom. The highest BCUT2D eigenvalue weighted by molar-refractivity contribution is 4.68. The van der Waals surface area contributed by atoms with Gasteiger partial charge in [0.05, 0.1) is 26.4 Å². The van der Waals surface area contributed by atoms with Crippen molar-refractivity contribution in [2.45, 2.75) is 25.0 Å². The van der Waals surface area contributed by atoms with Gasteiger partial charge in [-0.3, -0.25) is 0 Å². The molecule has 0 aromatic rings. The number of hydrogen-bond acceptors (Lipinski definition) is 6. The van der Waals surface area contributed by atoms with E-state index in [2.05, 4.69) is 6.58 Å². The third-order valence-electron chi connectivity index (χ3n) is 2.78. The van der Waals surface area contributed by atoms with Crippen molar-refractivity contribution in [3.63, 3.8) is 0 Å². The van der Waals surface area contributed by atoms with Crippen LogP contribution in [-0.4, -0.2) is 72.4 Å². The van der Waals surface area contributed by atoms with Gasteiger partial charge in [0.1, 0.15) is 19.0 Å². The molecule has 0 N–H and O–H groups in total. The number of hydrogen-bond donors (Lipinski definition) is 0. The smallest absolute Gasteiger partial charge is 0.146 e. The van der Waals surface area contributed by atoms with Crippen LogP contribution < -0.4 is 0 Å². The van der Waals surface area contributed by atoms with Crippen LogP contribution >= 0.6 is 0 Å². The fourth-order valence-corrected chi connectivity index (χ4v) is 1.55. The van der Waals surface area contributed by atoms with Crippen molar-refractivity contribution in [2.75, 3.05) is 60.2 Å². The molecule has 124 valence electrons. The summed E-state index contributed by atoms with van der Waals surface area (Å²) in [7, 11) is 1.59. The minimum absolute atomic E-state index is 0.120. The minimum atomic E-state index is -0.120. The molecule has 0 amide bonds. The normalized spacial score (nSPS) is 18.6. The van der Waals surface area contributed by atoms with Gasteiger partial charge in [0.2, 0.25) is 0 Å². The SMILES string of the molecule is C=CCCOCCCOCC(COCC1CO1)OCOC. The Kier molecular flexibility index (Phi) is 11.6. The molecule has 0 aromatic heterocycles. The Bertz CT molecular complexity index is 244. The van der Waals surface area contributed by atoms with E-state index in [1.807, 2.05) is 6.08 Å². The summed E-state index contributed by atoms with van der Waals surface area (Å²) in [5, 5.41) is 0. The maximum absolute atomic E-state index is 5.58. The van der Waals surface area contributed by atoms with Crippen molar-refractivity contribution in [1.29, 1.82) is 0 Å². The Balaban J connectivity index is 1.95. The van der Waals surface area contributed by atoms with Crippen molar-refractivity contribution in [1.82, 2.24) is 0 Å². The van der Waals surface area contributed by atoms with Gasteiger partial charge in [-0.05, 0) is 12.8 Å². The molecule has 0 saturated carbocycles. The van der Waals surface area contributed by atoms with Gasteiger partial charge in [-0.2, -0.15) is 0 Å². The molecule has 1 aliphatic rings. The van der Waals surface area contributed by atoms with E-state index >= 15 is 0 Å². The standard InChI is InChI=1S/C15H28O6/c1-3-4-6-17-7-5-8-18-9-14(21-13-16-2)10-19-11-15-12-20-15/h3,14-15H,1,4-13H2,2H3. The van der Waals surface area contributed by atoms with Crippen LogP contribution in [0.5, 0.6) is 0 Å². The molecule has 0 aromatic carbocycles. The molecule has 1 aliphatic heterocycles. The largest absolute Gasteiger partial charge is 0.381 e. The predicted octanol–water partition coefficient (Wildman–Crippen LogP) is 1.39. The van der Waals surface area contributed by atoms with Crippen LogP contribution in [0.25, 0.3) is 0 Å². The first kappa shape index (κ1) is 18.5. The van der Waals surface area contributed by atoms with Crippen molar-refractivity contribution in [3.8, 4) is 0 Å². The number of methoxy groups -OCH3 is 1. The van der Waals surface area contributed by atoms with Gasteiger partial charge in [-0.25, -0.2) is 0 Å². The van der Waals surface area contributed by atoms with Gasteiger partial charge in [0, 0.05) is 26.9 Å². The van der Waals surface area contributed by atoms with Crippen molar-refractivity contribution >= 4 is 0 Å². The van der Waals surface area contributed by atoms with Crippen LogP contribution in [0.1, 0.15) is 12.8 Å². The summed E-state index contributed by atoms with van der Waals surface area (Å²) >= 11 is 0. The highest BCUT2D eigenvalue weighted by atomic mass is 16.7. The molecule has 2 atom stereocenters. The summed E-state index contributed by atoms with van der Waals surface area (Å²) in [5.41, 5.74) is 0. The maximum Gasteiger partial charge on any atom is 0.146 e. The fraction of sp³-hybridized carbons (Fsp3) is 0.867. The number of epoxide rings is 1. The lowest BCUT2D eigenvalue weighted by atomic mass is 10.4. The van der Waals surface area contributed by atoms with E-state index in [0.29, 0.717) is 33.0 Å². The minimum Gasteiger partial charge on any atom is -0.381 e. The van der Waals surface area contributed by atoms with Crippen molar-refractivity contribution in [2.24, 2.45) is 0 Å². The molecule has 0 bridgehead atoms. The zero-order valence-electron chi connectivity index (χ0n) is 13.0. The van der Waals surface area contributed by atoms with Crippen LogP contribution in [0.2, 0.25) is 0 Å². The van der Waals surface area contributed by atoms with E-state index in [0.717, 1.165) is 26.1 Å². The second-order valence-corrected chi connectivity index (χ2v) is 4.81. The Morgan fingerprint density at radius 3 is 2.67 bits per heavy atom. The highest BCUT2D eigenvalue weighted by Gasteiger charge is 2.23. The van der Waals surface area contributed by atoms with Crippen LogP contribution in [0, 0.1) is 0 Å². The predicted molar refractivity (Wildman–Crippen MR) is 78.4 cm³/mol. The molecule has 0 radical (unpaired) electrons. The average Bonchev–Trinajstić information content (AvgIpc) is 3.31. The lowest BCUT2D eigenvalue weighted by Crippen LogP contribution is -2.27. The monoisotopic (exact) mass is 304 g/mol. The first-order valence-corrected chi connectivity index (χ1v) is 7.43. The van der Waals surface area contributed by atoms with Gasteiger partial charge in [0.15, 0.2) is 0 Å². The van der Waals surface area contributed by atoms with Crippen LogP contribution in [-0.2, 0) is 28.4 Å². The van der Waals surface area contributed by atoms with Gasteiger partial charge in [-0.15, -0.1) is 6.58 Å². The van der Waals surface area contributed by atoms with Gasteiger partial charge < -0.3 is 28.4 Å². The third kappa shape index (κ3) is 11.8. The molecule has 6 nitrogen and oxygen atoms in total. The molecule has 0 spiro atoms. The second-order valence-electron chi connectivity index (χ2n) is 4.81. The molecule has 0 aliphatic carbocycles. The molecule has 21 heavy (non-hydrogen) atoms. The topological polar surface area (TPSA) is 58.7 Å². The molecule has 1 rings (SSSR count). The molecule has 6 heteroatoms. The zero-order chi connectivity index (χ0) is 15.2. The van der Waals surface area contributed by atoms with Crippen LogP contribution in [0.3, 0.4) is 0 Å². The van der Waals surface area contributed by atoms with E-state index in [4.69, 9.17) is 28.4 Å². The molecular formula is C15H28O6. The summed E-state index contributed by atoms with van der Waals surface area (Å²) < 4.78 is 32.0. The molecule has 1 fully saturated rings. The third-order valence-corrected chi connectivity index (χ3v) is 2.78. The molecular weight excluding hydrogens is 276 g/mol. The molecule has 2 unspecified atom stereocenters. The number of rotatable bonds is 16. The first-order chi connectivity index (χ1) is 10.4. The lowest BCUT2D eigenvalue weighted by Gasteiger charge is -2.17. The summed E-state index contributed by atoms with van der Waals surface area (Å²) in [6.45, 7) is 8.34. The fourth-order valence-electron chi connectivity index (χ4n) is 1.55. The van der Waals surface area contributed by atoms with Crippen molar-refractivity contribution < 1.29 is 28.4 Å². The Morgan fingerprint density at radius 1 is 1.19 bits per heavy atom. The highest BCUT2D eigenvalue weighted by Crippen LogP contribution is 2.09. The molecule has 1 saturated heterocycles.